The summed E-state index contributed by atoms with van der Waals surface area (Å²) in [6, 6.07) is 17.3. The van der Waals surface area contributed by atoms with Crippen LogP contribution >= 0.6 is 11.3 Å². The summed E-state index contributed by atoms with van der Waals surface area (Å²) in [6.45, 7) is 1.59. The number of rotatable bonds is 5. The van der Waals surface area contributed by atoms with Crippen LogP contribution < -0.4 is 4.90 Å². The van der Waals surface area contributed by atoms with Crippen molar-refractivity contribution in [1.82, 2.24) is 4.90 Å². The molecular formula is C24H23FN2O2S. The maximum Gasteiger partial charge on any atom is 0.254 e. The van der Waals surface area contributed by atoms with Gasteiger partial charge in [0.25, 0.3) is 5.91 Å². The molecule has 1 aromatic heterocycles. The van der Waals surface area contributed by atoms with Gasteiger partial charge in [-0.2, -0.15) is 0 Å². The van der Waals surface area contributed by atoms with Crippen molar-refractivity contribution in [3.05, 3.63) is 87.9 Å². The van der Waals surface area contributed by atoms with Crippen molar-refractivity contribution in [2.75, 3.05) is 25.0 Å². The maximum absolute atomic E-state index is 13.2. The van der Waals surface area contributed by atoms with E-state index in [0.29, 0.717) is 16.0 Å². The fourth-order valence-corrected chi connectivity index (χ4v) is 4.61. The Labute approximate surface area is 179 Å². The molecule has 2 heterocycles. The summed E-state index contributed by atoms with van der Waals surface area (Å²) >= 11 is 1.38. The number of nitrogens with zero attached hydrogens (tertiary/aromatic N) is 2. The van der Waals surface area contributed by atoms with Crippen LogP contribution in [-0.4, -0.2) is 42.8 Å². The smallest absolute Gasteiger partial charge is 0.254 e. The first-order valence-corrected chi connectivity index (χ1v) is 10.9. The molecule has 1 saturated heterocycles. The third-order valence-electron chi connectivity index (χ3n) is 5.67. The molecular weight excluding hydrogens is 399 g/mol. The molecule has 2 aromatic carbocycles. The minimum absolute atomic E-state index is 0.0964. The Kier molecular flexibility index (Phi) is 5.95. The van der Waals surface area contributed by atoms with E-state index < -0.39 is 0 Å². The first-order chi connectivity index (χ1) is 14.5. The van der Waals surface area contributed by atoms with E-state index in [-0.39, 0.29) is 23.5 Å². The van der Waals surface area contributed by atoms with E-state index in [1.165, 1.54) is 23.5 Å². The van der Waals surface area contributed by atoms with Crippen LogP contribution in [0.5, 0.6) is 0 Å². The zero-order chi connectivity index (χ0) is 21.1. The van der Waals surface area contributed by atoms with Crippen LogP contribution in [0.15, 0.2) is 66.0 Å². The summed E-state index contributed by atoms with van der Waals surface area (Å²) in [4.78, 5) is 30.7. The highest BCUT2D eigenvalue weighted by Crippen LogP contribution is 2.25. The summed E-state index contributed by atoms with van der Waals surface area (Å²) in [7, 11) is 1.81. The molecule has 1 fully saturated rings. The molecule has 154 valence electrons. The lowest BCUT2D eigenvalue weighted by Gasteiger charge is -2.38. The fraction of sp³-hybridized carbons (Fsp3) is 0.250. The standard InChI is InChI=1S/C24H23FN2O2S/c1-26(18-12-14-27(15-13-18)19-10-8-17(25)9-11-19)24(29)21-6-3-2-5-20(21)23(28)22-7-4-16-30-22/h2-11,16,18H,12-15H2,1H3. The van der Waals surface area contributed by atoms with Crippen molar-refractivity contribution in [1.29, 1.82) is 0 Å². The SMILES string of the molecule is CN(C(=O)c1ccccc1C(=O)c1cccs1)C1CCN(c2ccc(F)cc2)CC1. The number of hydrogen-bond donors (Lipinski definition) is 0. The molecule has 0 unspecified atom stereocenters. The van der Waals surface area contributed by atoms with Gasteiger partial charge in [0.15, 0.2) is 0 Å². The molecule has 0 N–H and O–H groups in total. The number of benzene rings is 2. The molecule has 6 heteroatoms. The second-order valence-electron chi connectivity index (χ2n) is 7.46. The van der Waals surface area contributed by atoms with Crippen LogP contribution in [0.2, 0.25) is 0 Å². The third-order valence-corrected chi connectivity index (χ3v) is 6.54. The number of ketones is 1. The lowest BCUT2D eigenvalue weighted by atomic mass is 9.98. The Morgan fingerprint density at radius 2 is 1.63 bits per heavy atom. The van der Waals surface area contributed by atoms with Gasteiger partial charge in [0.2, 0.25) is 5.78 Å². The van der Waals surface area contributed by atoms with E-state index in [1.807, 2.05) is 18.5 Å². The first kappa shape index (κ1) is 20.3. The highest BCUT2D eigenvalue weighted by atomic mass is 32.1. The van der Waals surface area contributed by atoms with Gasteiger partial charge in [0.1, 0.15) is 5.82 Å². The third kappa shape index (κ3) is 4.14. The van der Waals surface area contributed by atoms with Gasteiger partial charge in [0.05, 0.1) is 10.4 Å². The molecule has 0 radical (unpaired) electrons. The predicted molar refractivity (Wildman–Crippen MR) is 118 cm³/mol. The Balaban J connectivity index is 1.46. The molecule has 1 aliphatic rings. The molecule has 30 heavy (non-hydrogen) atoms. The zero-order valence-electron chi connectivity index (χ0n) is 16.8. The number of carbonyl (C=O) groups excluding carboxylic acids is 2. The molecule has 3 aromatic rings. The van der Waals surface area contributed by atoms with Gasteiger partial charge in [-0.05, 0) is 54.6 Å². The molecule has 0 bridgehead atoms. The van der Waals surface area contributed by atoms with E-state index in [1.54, 1.807) is 47.4 Å². The van der Waals surface area contributed by atoms with E-state index >= 15 is 0 Å². The van der Waals surface area contributed by atoms with Gasteiger partial charge in [-0.15, -0.1) is 11.3 Å². The molecule has 0 saturated carbocycles. The van der Waals surface area contributed by atoms with Crippen LogP contribution in [0.25, 0.3) is 0 Å². The van der Waals surface area contributed by atoms with Gasteiger partial charge < -0.3 is 9.80 Å². The maximum atomic E-state index is 13.2. The van der Waals surface area contributed by atoms with Gasteiger partial charge in [-0.25, -0.2) is 4.39 Å². The van der Waals surface area contributed by atoms with Gasteiger partial charge >= 0.3 is 0 Å². The number of halogens is 1. The van der Waals surface area contributed by atoms with Crippen molar-refractivity contribution in [2.45, 2.75) is 18.9 Å². The Morgan fingerprint density at radius 3 is 2.27 bits per heavy atom. The monoisotopic (exact) mass is 422 g/mol. The number of thiophene rings is 1. The highest BCUT2D eigenvalue weighted by Gasteiger charge is 2.28. The zero-order valence-corrected chi connectivity index (χ0v) is 17.6. The predicted octanol–water partition coefficient (Wildman–Crippen LogP) is 4.86. The van der Waals surface area contributed by atoms with Crippen molar-refractivity contribution in [3.8, 4) is 0 Å². The van der Waals surface area contributed by atoms with Crippen LogP contribution in [-0.2, 0) is 0 Å². The van der Waals surface area contributed by atoms with Crippen LogP contribution in [0.1, 0.15) is 38.4 Å². The normalized spacial score (nSPS) is 14.5. The van der Waals surface area contributed by atoms with Crippen molar-refractivity contribution < 1.29 is 14.0 Å². The lowest BCUT2D eigenvalue weighted by molar-refractivity contribution is 0.0705. The van der Waals surface area contributed by atoms with E-state index in [4.69, 9.17) is 0 Å². The topological polar surface area (TPSA) is 40.6 Å². The Bertz CT molecular complexity index is 1030. The number of piperidine rings is 1. The van der Waals surface area contributed by atoms with E-state index in [0.717, 1.165) is 31.6 Å². The van der Waals surface area contributed by atoms with E-state index in [2.05, 4.69) is 4.90 Å². The quantitative estimate of drug-likeness (QED) is 0.552. The minimum Gasteiger partial charge on any atom is -0.371 e. The number of anilines is 1. The number of hydrogen-bond acceptors (Lipinski definition) is 4. The second kappa shape index (κ2) is 8.79. The molecule has 1 aliphatic heterocycles. The largest absolute Gasteiger partial charge is 0.371 e. The summed E-state index contributed by atoms with van der Waals surface area (Å²) < 4.78 is 13.2. The molecule has 0 atom stereocenters. The van der Waals surface area contributed by atoms with Crippen molar-refractivity contribution >= 4 is 28.7 Å². The van der Waals surface area contributed by atoms with Crippen LogP contribution in [0, 0.1) is 5.82 Å². The minimum atomic E-state index is -0.241. The summed E-state index contributed by atoms with van der Waals surface area (Å²) in [5, 5.41) is 1.86. The Morgan fingerprint density at radius 1 is 0.967 bits per heavy atom. The highest BCUT2D eigenvalue weighted by molar-refractivity contribution is 7.12. The molecule has 0 spiro atoms. The first-order valence-electron chi connectivity index (χ1n) is 9.99. The van der Waals surface area contributed by atoms with Crippen molar-refractivity contribution in [3.63, 3.8) is 0 Å². The summed E-state index contributed by atoms with van der Waals surface area (Å²) in [5.41, 5.74) is 1.88. The van der Waals surface area contributed by atoms with Gasteiger partial charge in [0, 0.05) is 37.4 Å². The number of carbonyl (C=O) groups is 2. The van der Waals surface area contributed by atoms with Crippen LogP contribution in [0.4, 0.5) is 10.1 Å². The van der Waals surface area contributed by atoms with Crippen LogP contribution in [0.3, 0.4) is 0 Å². The number of amides is 1. The molecule has 0 aliphatic carbocycles. The fourth-order valence-electron chi connectivity index (χ4n) is 3.93. The molecule has 1 amide bonds. The van der Waals surface area contributed by atoms with E-state index in [9.17, 15) is 14.0 Å². The van der Waals surface area contributed by atoms with Gasteiger partial charge in [-0.1, -0.05) is 24.3 Å². The lowest BCUT2D eigenvalue weighted by Crippen LogP contribution is -2.46. The molecule has 4 rings (SSSR count). The average molecular weight is 423 g/mol. The van der Waals surface area contributed by atoms with Crippen molar-refractivity contribution in [2.24, 2.45) is 0 Å². The summed E-state index contributed by atoms with van der Waals surface area (Å²) in [6.07, 6.45) is 1.64. The summed E-state index contributed by atoms with van der Waals surface area (Å²) in [5.74, 6) is -0.487. The second-order valence-corrected chi connectivity index (χ2v) is 8.41. The average Bonchev–Trinajstić information content (AvgIpc) is 3.33. The van der Waals surface area contributed by atoms with Gasteiger partial charge in [-0.3, -0.25) is 9.59 Å². The molecule has 4 nitrogen and oxygen atoms in total. The Hall–Kier alpha value is -2.99.